The van der Waals surface area contributed by atoms with Crippen molar-refractivity contribution in [1.29, 1.82) is 0 Å². The van der Waals surface area contributed by atoms with Gasteiger partial charge in [-0.15, -0.1) is 0 Å². The Morgan fingerprint density at radius 3 is 2.51 bits per heavy atom. The monoisotopic (exact) mass is 531 g/mol. The highest BCUT2D eigenvalue weighted by atomic mass is 32.2. The van der Waals surface area contributed by atoms with E-state index < -0.39 is 21.5 Å². The molecule has 1 fully saturated rings. The van der Waals surface area contributed by atoms with Crippen LogP contribution in [-0.4, -0.2) is 49.8 Å². The molecule has 0 bridgehead atoms. The lowest BCUT2D eigenvalue weighted by atomic mass is 9.90. The van der Waals surface area contributed by atoms with Crippen LogP contribution in [0.4, 0.5) is 30.5 Å². The molecule has 1 saturated heterocycles. The second kappa shape index (κ2) is 9.94. The molecule has 2 aliphatic heterocycles. The summed E-state index contributed by atoms with van der Waals surface area (Å²) in [5, 5.41) is 6.15. The summed E-state index contributed by atoms with van der Waals surface area (Å²) in [6.07, 6.45) is 2.67. The van der Waals surface area contributed by atoms with E-state index in [1.54, 1.807) is 17.0 Å². The van der Waals surface area contributed by atoms with Gasteiger partial charge in [-0.3, -0.25) is 0 Å². The second-order valence-corrected chi connectivity index (χ2v) is 11.7. The summed E-state index contributed by atoms with van der Waals surface area (Å²) in [4.78, 5) is 9.55. The Morgan fingerprint density at radius 2 is 1.81 bits per heavy atom. The topological polar surface area (TPSA) is 87.2 Å². The van der Waals surface area contributed by atoms with Gasteiger partial charge < -0.3 is 15.5 Å². The van der Waals surface area contributed by atoms with Crippen molar-refractivity contribution in [2.24, 2.45) is 0 Å². The van der Waals surface area contributed by atoms with Crippen molar-refractivity contribution < 1.29 is 21.6 Å². The van der Waals surface area contributed by atoms with Crippen LogP contribution in [0, 0.1) is 17.5 Å². The smallest absolute Gasteiger partial charge is 0.227 e. The molecule has 7 nitrogen and oxygen atoms in total. The summed E-state index contributed by atoms with van der Waals surface area (Å²) in [5.74, 6) is -2.15. The van der Waals surface area contributed by atoms with E-state index in [4.69, 9.17) is 0 Å². The summed E-state index contributed by atoms with van der Waals surface area (Å²) >= 11 is 0. The number of sulfone groups is 1. The van der Waals surface area contributed by atoms with Crippen LogP contribution in [0.25, 0.3) is 11.3 Å². The summed E-state index contributed by atoms with van der Waals surface area (Å²) in [6.45, 7) is 5.64. The van der Waals surface area contributed by atoms with Crippen LogP contribution in [0.3, 0.4) is 0 Å². The van der Waals surface area contributed by atoms with Gasteiger partial charge >= 0.3 is 0 Å². The van der Waals surface area contributed by atoms with E-state index in [2.05, 4.69) is 20.6 Å². The SMILES string of the molecule is CC(C)N1CCS(=O)(=O)c2c(F)cc(-c3nc(Nc4ccc(C5CCNCC5)c(F)c4)ncc3F)cc21. The Balaban J connectivity index is 1.48. The van der Waals surface area contributed by atoms with Crippen LogP contribution >= 0.6 is 0 Å². The molecule has 0 radical (unpaired) electrons. The first kappa shape index (κ1) is 25.5. The zero-order chi connectivity index (χ0) is 26.3. The van der Waals surface area contributed by atoms with Gasteiger partial charge in [-0.2, -0.15) is 0 Å². The van der Waals surface area contributed by atoms with Crippen LogP contribution in [0.5, 0.6) is 0 Å². The number of aromatic nitrogens is 2. The third-order valence-corrected chi connectivity index (χ3v) is 8.67. The van der Waals surface area contributed by atoms with Crippen LogP contribution in [0.15, 0.2) is 41.4 Å². The van der Waals surface area contributed by atoms with E-state index in [0.29, 0.717) is 11.3 Å². The zero-order valence-corrected chi connectivity index (χ0v) is 21.4. The van der Waals surface area contributed by atoms with Crippen molar-refractivity contribution in [3.63, 3.8) is 0 Å². The number of nitrogens with zero attached hydrogens (tertiary/aromatic N) is 3. The Labute approximate surface area is 214 Å². The lowest BCUT2D eigenvalue weighted by Gasteiger charge is -2.34. The maximum Gasteiger partial charge on any atom is 0.227 e. The van der Waals surface area contributed by atoms with Crippen LogP contribution in [-0.2, 0) is 9.84 Å². The molecule has 3 heterocycles. The molecule has 37 heavy (non-hydrogen) atoms. The van der Waals surface area contributed by atoms with Gasteiger partial charge in [0.2, 0.25) is 5.95 Å². The normalized spacial score (nSPS) is 17.6. The number of hydrogen-bond acceptors (Lipinski definition) is 7. The lowest BCUT2D eigenvalue weighted by Crippen LogP contribution is -2.40. The van der Waals surface area contributed by atoms with Gasteiger partial charge in [-0.25, -0.2) is 31.6 Å². The first-order valence-electron chi connectivity index (χ1n) is 12.3. The Kier molecular flexibility index (Phi) is 6.84. The van der Waals surface area contributed by atoms with E-state index in [1.165, 1.54) is 12.1 Å². The zero-order valence-electron chi connectivity index (χ0n) is 20.6. The fourth-order valence-electron chi connectivity index (χ4n) is 5.04. The van der Waals surface area contributed by atoms with E-state index in [0.717, 1.165) is 38.2 Å². The molecular weight excluding hydrogens is 503 g/mol. The first-order chi connectivity index (χ1) is 17.6. The van der Waals surface area contributed by atoms with Gasteiger partial charge in [0.1, 0.15) is 22.2 Å². The quantitative estimate of drug-likeness (QED) is 0.490. The minimum atomic E-state index is -3.81. The summed E-state index contributed by atoms with van der Waals surface area (Å²) < 4.78 is 70.0. The largest absolute Gasteiger partial charge is 0.367 e. The van der Waals surface area contributed by atoms with Crippen molar-refractivity contribution in [2.75, 3.05) is 35.6 Å². The van der Waals surface area contributed by atoms with Gasteiger partial charge in [0.25, 0.3) is 0 Å². The van der Waals surface area contributed by atoms with Gasteiger partial charge in [0, 0.05) is 23.8 Å². The van der Waals surface area contributed by atoms with E-state index in [9.17, 15) is 17.2 Å². The summed E-state index contributed by atoms with van der Waals surface area (Å²) in [7, 11) is -3.81. The number of nitrogens with one attached hydrogen (secondary N) is 2. The Hall–Kier alpha value is -3.18. The molecule has 0 amide bonds. The van der Waals surface area contributed by atoms with Crippen molar-refractivity contribution in [3.05, 3.63) is 59.5 Å². The Morgan fingerprint density at radius 1 is 1.05 bits per heavy atom. The average Bonchev–Trinajstić information content (AvgIpc) is 2.85. The number of benzene rings is 2. The fraction of sp³-hybridized carbons (Fsp3) is 0.385. The minimum absolute atomic E-state index is 0.00289. The molecule has 5 rings (SSSR count). The molecule has 0 atom stereocenters. The lowest BCUT2D eigenvalue weighted by molar-refractivity contribution is 0.445. The van der Waals surface area contributed by atoms with Gasteiger partial charge in [0.15, 0.2) is 15.7 Å². The number of hydrogen-bond donors (Lipinski definition) is 2. The molecule has 2 N–H and O–H groups in total. The number of fused-ring (bicyclic) bond motifs is 1. The molecule has 11 heteroatoms. The molecule has 1 aromatic heterocycles. The first-order valence-corrected chi connectivity index (χ1v) is 13.9. The van der Waals surface area contributed by atoms with E-state index in [-0.39, 0.29) is 57.9 Å². The molecule has 196 valence electrons. The van der Waals surface area contributed by atoms with Crippen LogP contribution in [0.1, 0.15) is 38.2 Å². The minimum Gasteiger partial charge on any atom is -0.367 e. The number of halogens is 3. The van der Waals surface area contributed by atoms with Gasteiger partial charge in [-0.1, -0.05) is 6.07 Å². The highest BCUT2D eigenvalue weighted by Crippen LogP contribution is 2.38. The average molecular weight is 532 g/mol. The van der Waals surface area contributed by atoms with Crippen molar-refractivity contribution in [2.45, 2.75) is 43.5 Å². The van der Waals surface area contributed by atoms with Gasteiger partial charge in [0.05, 0.1) is 17.6 Å². The predicted molar refractivity (Wildman–Crippen MR) is 136 cm³/mol. The Bertz CT molecular complexity index is 1440. The molecular formula is C26H28F3N5O2S. The van der Waals surface area contributed by atoms with Crippen LogP contribution < -0.4 is 15.5 Å². The van der Waals surface area contributed by atoms with Crippen LogP contribution in [0.2, 0.25) is 0 Å². The van der Waals surface area contributed by atoms with E-state index >= 15 is 4.39 Å². The number of anilines is 3. The molecule has 0 spiro atoms. The molecule has 0 saturated carbocycles. The standard InChI is InChI=1S/C26H28F3N5O2S/c1-15(2)34-9-10-37(35,36)25-21(28)11-17(12-23(25)34)24-22(29)14-31-26(33-24)32-18-3-4-19(20(27)13-18)16-5-7-30-8-6-16/h3-4,11-16,30H,5-10H2,1-2H3,(H,31,32,33). The molecule has 3 aromatic rings. The number of rotatable bonds is 5. The highest BCUT2D eigenvalue weighted by Gasteiger charge is 2.34. The summed E-state index contributed by atoms with van der Waals surface area (Å²) in [5.41, 5.74) is 1.11. The molecule has 2 aromatic carbocycles. The highest BCUT2D eigenvalue weighted by molar-refractivity contribution is 7.91. The third-order valence-electron chi connectivity index (χ3n) is 6.92. The molecule has 2 aliphatic rings. The second-order valence-electron chi connectivity index (χ2n) is 9.69. The van der Waals surface area contributed by atoms with Gasteiger partial charge in [-0.05, 0) is 75.5 Å². The van der Waals surface area contributed by atoms with Crippen molar-refractivity contribution in [1.82, 2.24) is 15.3 Å². The maximum absolute atomic E-state index is 15.1. The predicted octanol–water partition coefficient (Wildman–Crippen LogP) is 4.77. The van der Waals surface area contributed by atoms with E-state index in [1.807, 2.05) is 13.8 Å². The fourth-order valence-corrected chi connectivity index (χ4v) is 6.53. The third kappa shape index (κ3) is 5.02. The maximum atomic E-state index is 15.1. The van der Waals surface area contributed by atoms with Crippen molar-refractivity contribution in [3.8, 4) is 11.3 Å². The number of piperidine rings is 1. The molecule has 0 unspecified atom stereocenters. The summed E-state index contributed by atoms with van der Waals surface area (Å²) in [6, 6.07) is 7.13. The molecule has 0 aliphatic carbocycles. The van der Waals surface area contributed by atoms with Crippen molar-refractivity contribution >= 4 is 27.2 Å².